The molecule has 0 aromatic carbocycles. The van der Waals surface area contributed by atoms with Crippen LogP contribution < -0.4 is 10.6 Å². The Morgan fingerprint density at radius 2 is 2.20 bits per heavy atom. The van der Waals surface area contributed by atoms with Crippen LogP contribution in [0.2, 0.25) is 0 Å². The summed E-state index contributed by atoms with van der Waals surface area (Å²) in [5.74, 6) is -1.42. The van der Waals surface area contributed by atoms with Crippen LogP contribution in [-0.2, 0) is 11.2 Å². The van der Waals surface area contributed by atoms with Crippen LogP contribution in [0.3, 0.4) is 0 Å². The van der Waals surface area contributed by atoms with Gasteiger partial charge in [0.15, 0.2) is 0 Å². The minimum Gasteiger partial charge on any atom is -0.481 e. The van der Waals surface area contributed by atoms with Crippen molar-refractivity contribution in [2.75, 3.05) is 13.1 Å². The van der Waals surface area contributed by atoms with Crippen molar-refractivity contribution >= 4 is 12.0 Å². The van der Waals surface area contributed by atoms with Gasteiger partial charge in [0.25, 0.3) is 0 Å². The number of hydrogen-bond donors (Lipinski definition) is 4. The van der Waals surface area contributed by atoms with Crippen LogP contribution in [0.5, 0.6) is 0 Å². The number of nitrogens with one attached hydrogen (secondary N) is 3. The summed E-state index contributed by atoms with van der Waals surface area (Å²) in [7, 11) is 0. The minimum absolute atomic E-state index is 0.151. The first kappa shape index (κ1) is 16.0. The van der Waals surface area contributed by atoms with Crippen LogP contribution >= 0.6 is 0 Å². The highest BCUT2D eigenvalue weighted by Crippen LogP contribution is 2.05. The molecule has 0 radical (unpaired) electrons. The molecule has 1 atom stereocenters. The van der Waals surface area contributed by atoms with Crippen LogP contribution in [0.1, 0.15) is 31.0 Å². The molecule has 1 rings (SSSR count). The summed E-state index contributed by atoms with van der Waals surface area (Å²) >= 11 is 0. The quantitative estimate of drug-likeness (QED) is 0.535. The van der Waals surface area contributed by atoms with Crippen molar-refractivity contribution in [1.82, 2.24) is 20.8 Å². The number of amides is 2. The molecule has 2 amide bonds. The maximum Gasteiger partial charge on any atom is 0.314 e. The van der Waals surface area contributed by atoms with Crippen molar-refractivity contribution in [2.45, 2.75) is 33.1 Å². The van der Waals surface area contributed by atoms with E-state index >= 15 is 0 Å². The molecule has 4 N–H and O–H groups in total. The molecule has 0 aliphatic rings. The van der Waals surface area contributed by atoms with E-state index < -0.39 is 11.9 Å². The SMILES string of the molecule is CCC(CNC(=O)NCCCc1cn[nH]c1C)C(=O)O. The summed E-state index contributed by atoms with van der Waals surface area (Å²) in [6, 6.07) is -0.325. The van der Waals surface area contributed by atoms with E-state index in [9.17, 15) is 9.59 Å². The Balaban J connectivity index is 2.14. The molecule has 1 unspecified atom stereocenters. The zero-order valence-corrected chi connectivity index (χ0v) is 11.9. The molecule has 0 fully saturated rings. The predicted molar refractivity (Wildman–Crippen MR) is 74.5 cm³/mol. The molecule has 1 aromatic rings. The van der Waals surface area contributed by atoms with Gasteiger partial charge in [-0.3, -0.25) is 9.89 Å². The monoisotopic (exact) mass is 282 g/mol. The van der Waals surface area contributed by atoms with E-state index in [0.717, 1.165) is 24.1 Å². The number of carbonyl (C=O) groups excluding carboxylic acids is 1. The number of carboxylic acids is 1. The minimum atomic E-state index is -0.886. The van der Waals surface area contributed by atoms with Crippen LogP contribution in [0.25, 0.3) is 0 Å². The van der Waals surface area contributed by atoms with Crippen molar-refractivity contribution < 1.29 is 14.7 Å². The zero-order valence-electron chi connectivity index (χ0n) is 11.9. The first-order valence-electron chi connectivity index (χ1n) is 6.78. The lowest BCUT2D eigenvalue weighted by Crippen LogP contribution is -2.40. The number of nitrogens with zero attached hydrogens (tertiary/aromatic N) is 1. The van der Waals surface area contributed by atoms with E-state index in [2.05, 4.69) is 20.8 Å². The van der Waals surface area contributed by atoms with Gasteiger partial charge in [-0.1, -0.05) is 6.92 Å². The Labute approximate surface area is 118 Å². The molecule has 1 aromatic heterocycles. The average molecular weight is 282 g/mol. The number of carboxylic acid groups (broad SMARTS) is 1. The van der Waals surface area contributed by atoms with Crippen molar-refractivity contribution in [3.05, 3.63) is 17.5 Å². The highest BCUT2D eigenvalue weighted by molar-refractivity contribution is 5.75. The van der Waals surface area contributed by atoms with Crippen molar-refractivity contribution in [3.8, 4) is 0 Å². The molecule has 7 heteroatoms. The van der Waals surface area contributed by atoms with E-state index in [0.29, 0.717) is 13.0 Å². The highest BCUT2D eigenvalue weighted by atomic mass is 16.4. The van der Waals surface area contributed by atoms with Crippen LogP contribution in [-0.4, -0.2) is 40.4 Å². The number of aromatic nitrogens is 2. The number of aliphatic carboxylic acids is 1. The third kappa shape index (κ3) is 5.29. The first-order chi connectivity index (χ1) is 9.54. The number of carbonyl (C=O) groups is 2. The standard InChI is InChI=1S/C13H22N4O3/c1-3-10(12(18)19)7-15-13(20)14-6-4-5-11-8-16-17-9(11)2/h8,10H,3-7H2,1-2H3,(H,16,17)(H,18,19)(H2,14,15,20). The topological polar surface area (TPSA) is 107 Å². The van der Waals surface area contributed by atoms with Crippen LogP contribution in [0.4, 0.5) is 4.79 Å². The van der Waals surface area contributed by atoms with E-state index in [1.54, 1.807) is 13.1 Å². The molecular weight excluding hydrogens is 260 g/mol. The molecule has 0 saturated carbocycles. The van der Waals surface area contributed by atoms with Gasteiger partial charge < -0.3 is 15.7 Å². The van der Waals surface area contributed by atoms with Gasteiger partial charge in [0.05, 0.1) is 12.1 Å². The van der Waals surface area contributed by atoms with Crippen molar-refractivity contribution in [2.24, 2.45) is 5.92 Å². The van der Waals surface area contributed by atoms with Gasteiger partial charge in [0, 0.05) is 18.8 Å². The lowest BCUT2D eigenvalue weighted by Gasteiger charge is -2.11. The van der Waals surface area contributed by atoms with E-state index in [1.165, 1.54) is 0 Å². The van der Waals surface area contributed by atoms with Gasteiger partial charge in [0.1, 0.15) is 0 Å². The average Bonchev–Trinajstić information content (AvgIpc) is 2.80. The second-order valence-corrected chi connectivity index (χ2v) is 4.70. The number of urea groups is 1. The second-order valence-electron chi connectivity index (χ2n) is 4.70. The third-order valence-corrected chi connectivity index (χ3v) is 3.19. The largest absolute Gasteiger partial charge is 0.481 e. The number of aryl methyl sites for hydroxylation is 2. The summed E-state index contributed by atoms with van der Waals surface area (Å²) < 4.78 is 0. The van der Waals surface area contributed by atoms with Crippen LogP contribution in [0, 0.1) is 12.8 Å². The predicted octanol–water partition coefficient (Wildman–Crippen LogP) is 1.06. The van der Waals surface area contributed by atoms with Crippen LogP contribution in [0.15, 0.2) is 6.20 Å². The lowest BCUT2D eigenvalue weighted by molar-refractivity contribution is -0.141. The maximum absolute atomic E-state index is 11.5. The number of hydrogen-bond acceptors (Lipinski definition) is 3. The zero-order chi connectivity index (χ0) is 15.0. The molecule has 0 saturated heterocycles. The fraction of sp³-hybridized carbons (Fsp3) is 0.615. The lowest BCUT2D eigenvalue weighted by atomic mass is 10.1. The Morgan fingerprint density at radius 3 is 2.75 bits per heavy atom. The van der Waals surface area contributed by atoms with Gasteiger partial charge in [-0.25, -0.2) is 4.79 Å². The van der Waals surface area contributed by atoms with Gasteiger partial charge >= 0.3 is 12.0 Å². The summed E-state index contributed by atoms with van der Waals surface area (Å²) in [5, 5.41) is 20.9. The highest BCUT2D eigenvalue weighted by Gasteiger charge is 2.15. The molecule has 7 nitrogen and oxygen atoms in total. The molecule has 20 heavy (non-hydrogen) atoms. The first-order valence-corrected chi connectivity index (χ1v) is 6.78. The Morgan fingerprint density at radius 1 is 1.45 bits per heavy atom. The molecular formula is C13H22N4O3. The molecule has 0 aliphatic heterocycles. The van der Waals surface area contributed by atoms with Gasteiger partial charge in [-0.2, -0.15) is 5.10 Å². The molecule has 0 spiro atoms. The Hall–Kier alpha value is -2.05. The van der Waals surface area contributed by atoms with E-state index in [4.69, 9.17) is 5.11 Å². The fourth-order valence-electron chi connectivity index (χ4n) is 1.79. The Kier molecular flexibility index (Phi) is 6.55. The van der Waals surface area contributed by atoms with Gasteiger partial charge in [-0.15, -0.1) is 0 Å². The normalized spacial score (nSPS) is 11.9. The molecule has 0 bridgehead atoms. The summed E-state index contributed by atoms with van der Waals surface area (Å²) in [4.78, 5) is 22.3. The molecule has 0 aliphatic carbocycles. The number of rotatable bonds is 8. The molecule has 1 heterocycles. The number of aromatic amines is 1. The summed E-state index contributed by atoms with van der Waals surface area (Å²) in [5.41, 5.74) is 2.19. The van der Waals surface area contributed by atoms with Crippen molar-refractivity contribution in [1.29, 1.82) is 0 Å². The fourth-order valence-corrected chi connectivity index (χ4v) is 1.79. The molecule has 112 valence electrons. The van der Waals surface area contributed by atoms with Gasteiger partial charge in [0.2, 0.25) is 0 Å². The van der Waals surface area contributed by atoms with E-state index in [-0.39, 0.29) is 12.6 Å². The number of H-pyrrole nitrogens is 1. The Bertz CT molecular complexity index is 445. The maximum atomic E-state index is 11.5. The third-order valence-electron chi connectivity index (χ3n) is 3.19. The smallest absolute Gasteiger partial charge is 0.314 e. The second kappa shape index (κ2) is 8.19. The summed E-state index contributed by atoms with van der Waals surface area (Å²) in [6.07, 6.45) is 3.93. The summed E-state index contributed by atoms with van der Waals surface area (Å²) in [6.45, 7) is 4.43. The van der Waals surface area contributed by atoms with Gasteiger partial charge in [-0.05, 0) is 31.7 Å². The van der Waals surface area contributed by atoms with Crippen molar-refractivity contribution in [3.63, 3.8) is 0 Å². The van der Waals surface area contributed by atoms with E-state index in [1.807, 2.05) is 6.92 Å².